The molecule has 0 bridgehead atoms. The maximum absolute atomic E-state index is 13.2. The average Bonchev–Trinajstić information content (AvgIpc) is 2.60. The van der Waals surface area contributed by atoms with E-state index in [1.54, 1.807) is 6.07 Å². The zero-order valence-electron chi connectivity index (χ0n) is 13.1. The predicted octanol–water partition coefficient (Wildman–Crippen LogP) is 2.98. The Hall–Kier alpha value is -2.03. The van der Waals surface area contributed by atoms with Gasteiger partial charge in [0, 0.05) is 23.1 Å². The van der Waals surface area contributed by atoms with E-state index in [1.165, 1.54) is 42.5 Å². The minimum Gasteiger partial charge on any atom is -0.348 e. The second-order valence-corrected chi connectivity index (χ2v) is 7.70. The Balaban J connectivity index is 2.05. The number of nitrogens with one attached hydrogen (secondary N) is 2. The van der Waals surface area contributed by atoms with Gasteiger partial charge in [0.15, 0.2) is 0 Å². The fourth-order valence-corrected chi connectivity index (χ4v) is 3.38. The van der Waals surface area contributed by atoms with Crippen molar-refractivity contribution in [3.8, 4) is 0 Å². The molecule has 0 aliphatic heterocycles. The Morgan fingerprint density at radius 3 is 2.52 bits per heavy atom. The van der Waals surface area contributed by atoms with Gasteiger partial charge in [-0.25, -0.2) is 17.5 Å². The van der Waals surface area contributed by atoms with E-state index in [9.17, 15) is 17.6 Å². The molecule has 0 spiro atoms. The second-order valence-electron chi connectivity index (χ2n) is 5.08. The molecule has 2 N–H and O–H groups in total. The Labute approximate surface area is 154 Å². The van der Waals surface area contributed by atoms with Gasteiger partial charge in [-0.1, -0.05) is 22.0 Å². The third-order valence-electron chi connectivity index (χ3n) is 3.29. The normalized spacial score (nSPS) is 11.1. The molecular weight excluding hydrogens is 411 g/mol. The fourth-order valence-electron chi connectivity index (χ4n) is 1.99. The molecule has 0 aliphatic carbocycles. The maximum Gasteiger partial charge on any atom is 0.251 e. The molecule has 25 heavy (non-hydrogen) atoms. The van der Waals surface area contributed by atoms with Gasteiger partial charge in [0.25, 0.3) is 5.91 Å². The standard InChI is InChI=1S/C17H16BrFN2O3S/c1-2-9-21-25(23,24)15-6-3-12(4-7-15)17(22)20-11-13-10-14(19)5-8-16(13)18/h2-8,10,21H,1,9,11H2,(H,20,22). The Morgan fingerprint density at radius 2 is 1.88 bits per heavy atom. The van der Waals surface area contributed by atoms with E-state index in [4.69, 9.17) is 0 Å². The molecule has 0 aliphatic rings. The summed E-state index contributed by atoms with van der Waals surface area (Å²) in [6.45, 7) is 3.70. The van der Waals surface area contributed by atoms with E-state index in [2.05, 4.69) is 32.5 Å². The van der Waals surface area contributed by atoms with Crippen LogP contribution in [0.4, 0.5) is 4.39 Å². The lowest BCUT2D eigenvalue weighted by molar-refractivity contribution is 0.0950. The molecule has 0 unspecified atom stereocenters. The van der Waals surface area contributed by atoms with Crippen LogP contribution >= 0.6 is 15.9 Å². The predicted molar refractivity (Wildman–Crippen MR) is 97.1 cm³/mol. The molecule has 132 valence electrons. The molecule has 2 rings (SSSR count). The zero-order chi connectivity index (χ0) is 18.4. The summed E-state index contributed by atoms with van der Waals surface area (Å²) in [6.07, 6.45) is 1.43. The lowest BCUT2D eigenvalue weighted by Gasteiger charge is -2.09. The number of rotatable bonds is 7. The van der Waals surface area contributed by atoms with Crippen LogP contribution < -0.4 is 10.0 Å². The van der Waals surface area contributed by atoms with Crippen molar-refractivity contribution in [1.82, 2.24) is 10.0 Å². The first-order chi connectivity index (χ1) is 11.8. The van der Waals surface area contributed by atoms with Crippen molar-refractivity contribution in [2.45, 2.75) is 11.4 Å². The van der Waals surface area contributed by atoms with Gasteiger partial charge in [-0.2, -0.15) is 0 Å². The molecule has 0 atom stereocenters. The van der Waals surface area contributed by atoms with Crippen LogP contribution in [0.5, 0.6) is 0 Å². The molecule has 1 amide bonds. The van der Waals surface area contributed by atoms with Gasteiger partial charge in [0.2, 0.25) is 10.0 Å². The summed E-state index contributed by atoms with van der Waals surface area (Å²) in [5, 5.41) is 2.66. The van der Waals surface area contributed by atoms with Crippen LogP contribution in [0.2, 0.25) is 0 Å². The van der Waals surface area contributed by atoms with E-state index in [0.29, 0.717) is 15.6 Å². The summed E-state index contributed by atoms with van der Waals surface area (Å²) in [4.78, 5) is 12.2. The smallest absolute Gasteiger partial charge is 0.251 e. The topological polar surface area (TPSA) is 75.3 Å². The lowest BCUT2D eigenvalue weighted by atomic mass is 10.2. The Morgan fingerprint density at radius 1 is 1.20 bits per heavy atom. The largest absolute Gasteiger partial charge is 0.348 e. The first-order valence-corrected chi connectivity index (χ1v) is 9.54. The van der Waals surface area contributed by atoms with Crippen LogP contribution in [-0.2, 0) is 16.6 Å². The molecule has 0 aromatic heterocycles. The van der Waals surface area contributed by atoms with Crippen molar-refractivity contribution >= 4 is 31.9 Å². The van der Waals surface area contributed by atoms with Crippen LogP contribution in [0, 0.1) is 5.82 Å². The first-order valence-electron chi connectivity index (χ1n) is 7.26. The van der Waals surface area contributed by atoms with Gasteiger partial charge >= 0.3 is 0 Å². The van der Waals surface area contributed by atoms with Crippen LogP contribution in [0.25, 0.3) is 0 Å². The number of amides is 1. The number of benzene rings is 2. The van der Waals surface area contributed by atoms with E-state index >= 15 is 0 Å². The highest BCUT2D eigenvalue weighted by Crippen LogP contribution is 2.18. The highest BCUT2D eigenvalue weighted by Gasteiger charge is 2.14. The molecule has 0 radical (unpaired) electrons. The molecule has 5 nitrogen and oxygen atoms in total. The second kappa shape index (κ2) is 8.37. The molecule has 2 aromatic rings. The van der Waals surface area contributed by atoms with Crippen LogP contribution in [0.1, 0.15) is 15.9 Å². The number of carbonyl (C=O) groups is 1. The van der Waals surface area contributed by atoms with E-state index in [0.717, 1.165) is 0 Å². The summed E-state index contributed by atoms with van der Waals surface area (Å²) >= 11 is 3.29. The lowest BCUT2D eigenvalue weighted by Crippen LogP contribution is -2.25. The average molecular weight is 427 g/mol. The quantitative estimate of drug-likeness (QED) is 0.668. The van der Waals surface area contributed by atoms with Gasteiger partial charge < -0.3 is 5.32 Å². The number of halogens is 2. The van der Waals surface area contributed by atoms with Crippen LogP contribution in [-0.4, -0.2) is 20.9 Å². The van der Waals surface area contributed by atoms with Crippen LogP contribution in [0.15, 0.2) is 64.5 Å². The van der Waals surface area contributed by atoms with Crippen molar-refractivity contribution in [3.05, 3.63) is 76.5 Å². The van der Waals surface area contributed by atoms with Crippen LogP contribution in [0.3, 0.4) is 0 Å². The zero-order valence-corrected chi connectivity index (χ0v) is 15.5. The van der Waals surface area contributed by atoms with Gasteiger partial charge in [-0.05, 0) is 48.0 Å². The summed E-state index contributed by atoms with van der Waals surface area (Å²) in [6, 6.07) is 9.72. The van der Waals surface area contributed by atoms with Crippen molar-refractivity contribution in [2.24, 2.45) is 0 Å². The number of hydrogen-bond donors (Lipinski definition) is 2. The minimum absolute atomic E-state index is 0.0544. The SMILES string of the molecule is C=CCNS(=O)(=O)c1ccc(C(=O)NCc2cc(F)ccc2Br)cc1. The minimum atomic E-state index is -3.63. The summed E-state index contributed by atoms with van der Waals surface area (Å²) < 4.78 is 40.2. The van der Waals surface area contributed by atoms with Gasteiger partial charge in [0.05, 0.1) is 4.90 Å². The third-order valence-corrected chi connectivity index (χ3v) is 5.50. The third kappa shape index (κ3) is 5.22. The Bertz CT molecular complexity index is 883. The molecule has 0 saturated heterocycles. The van der Waals surface area contributed by atoms with Gasteiger partial charge in [-0.15, -0.1) is 6.58 Å². The van der Waals surface area contributed by atoms with E-state index < -0.39 is 15.8 Å². The summed E-state index contributed by atoms with van der Waals surface area (Å²) in [7, 11) is -3.63. The summed E-state index contributed by atoms with van der Waals surface area (Å²) in [5.41, 5.74) is 0.899. The van der Waals surface area contributed by atoms with Crippen molar-refractivity contribution < 1.29 is 17.6 Å². The number of hydrogen-bond acceptors (Lipinski definition) is 3. The highest BCUT2D eigenvalue weighted by molar-refractivity contribution is 9.10. The monoisotopic (exact) mass is 426 g/mol. The molecule has 0 heterocycles. The van der Waals surface area contributed by atoms with Crippen molar-refractivity contribution in [2.75, 3.05) is 6.54 Å². The first kappa shape index (κ1) is 19.3. The molecule has 0 fully saturated rings. The van der Waals surface area contributed by atoms with Gasteiger partial charge in [0.1, 0.15) is 5.82 Å². The molecular formula is C17H16BrFN2O3S. The Kier molecular flexibility index (Phi) is 6.46. The number of carbonyl (C=O) groups excluding carboxylic acids is 1. The number of sulfonamides is 1. The molecule has 8 heteroatoms. The molecule has 0 saturated carbocycles. The summed E-state index contributed by atoms with van der Waals surface area (Å²) in [5.74, 6) is -0.784. The maximum atomic E-state index is 13.2. The fraction of sp³-hybridized carbons (Fsp3) is 0.118. The van der Waals surface area contributed by atoms with E-state index in [-0.39, 0.29) is 23.9 Å². The highest BCUT2D eigenvalue weighted by atomic mass is 79.9. The van der Waals surface area contributed by atoms with Crippen molar-refractivity contribution in [3.63, 3.8) is 0 Å². The van der Waals surface area contributed by atoms with Gasteiger partial charge in [-0.3, -0.25) is 4.79 Å². The van der Waals surface area contributed by atoms with E-state index in [1.807, 2.05) is 0 Å². The molecule has 2 aromatic carbocycles. The van der Waals surface area contributed by atoms with Crippen molar-refractivity contribution in [1.29, 1.82) is 0 Å².